The Kier molecular flexibility index (Phi) is 17.7. The van der Waals surface area contributed by atoms with Crippen LogP contribution in [0.1, 0.15) is 90.2 Å². The van der Waals surface area contributed by atoms with Crippen LogP contribution in [0, 0.1) is 0 Å². The minimum atomic E-state index is 0.554. The molecule has 3 heteroatoms. The second kappa shape index (κ2) is 19.0. The van der Waals surface area contributed by atoms with Gasteiger partial charge in [0.1, 0.15) is 0 Å². The third kappa shape index (κ3) is 14.1. The number of pyridine rings is 1. The Morgan fingerprint density at radius 3 is 2.20 bits per heavy atom. The van der Waals surface area contributed by atoms with Crippen molar-refractivity contribution in [1.29, 1.82) is 0 Å². The molecule has 0 aliphatic heterocycles. The molecule has 1 unspecified atom stereocenters. The van der Waals surface area contributed by atoms with Gasteiger partial charge in [-0.05, 0) is 43.4 Å². The molecule has 0 fully saturated rings. The molecule has 1 N–H and O–H groups in total. The Hall–Kier alpha value is -2.00. The fourth-order valence-corrected chi connectivity index (χ4v) is 3.02. The van der Waals surface area contributed by atoms with Gasteiger partial charge in [-0.25, -0.2) is 0 Å². The van der Waals surface area contributed by atoms with Crippen molar-refractivity contribution in [3.8, 4) is 0 Å². The Labute approximate surface area is 191 Å². The Bertz CT molecular complexity index is 668. The average Bonchev–Trinajstić information content (AvgIpc) is 2.75. The number of hydrogen-bond acceptors (Lipinski definition) is 2. The van der Waals surface area contributed by atoms with Crippen molar-refractivity contribution in [3.63, 3.8) is 0 Å². The van der Waals surface area contributed by atoms with E-state index in [1.165, 1.54) is 43.2 Å². The van der Waals surface area contributed by atoms with Crippen LogP contribution >= 0.6 is 12.2 Å². The summed E-state index contributed by atoms with van der Waals surface area (Å²) in [6, 6.07) is 14.7. The summed E-state index contributed by atoms with van der Waals surface area (Å²) in [6.07, 6.45) is 11.1. The predicted molar refractivity (Wildman–Crippen MR) is 138 cm³/mol. The van der Waals surface area contributed by atoms with Crippen LogP contribution in [0.4, 0.5) is 0 Å². The lowest BCUT2D eigenvalue weighted by atomic mass is 9.87. The zero-order chi connectivity index (χ0) is 22.6. The molecule has 0 saturated carbocycles. The molecular weight excluding hydrogens is 384 g/mol. The van der Waals surface area contributed by atoms with Crippen molar-refractivity contribution in [2.24, 2.45) is 0 Å². The lowest BCUT2D eigenvalue weighted by molar-refractivity contribution is 0.656. The molecule has 1 aromatic carbocycles. The van der Waals surface area contributed by atoms with Gasteiger partial charge >= 0.3 is 0 Å². The third-order valence-electron chi connectivity index (χ3n) is 4.47. The minimum absolute atomic E-state index is 0.554. The summed E-state index contributed by atoms with van der Waals surface area (Å²) in [4.78, 5) is 4.79. The number of hydrogen-bond donors (Lipinski definition) is 1. The Morgan fingerprint density at radius 2 is 1.70 bits per heavy atom. The number of benzene rings is 1. The molecule has 1 aromatic heterocycles. The molecule has 1 heterocycles. The zero-order valence-electron chi connectivity index (χ0n) is 19.8. The van der Waals surface area contributed by atoms with Gasteiger partial charge in [-0.2, -0.15) is 0 Å². The molecule has 0 spiro atoms. The van der Waals surface area contributed by atoms with Gasteiger partial charge in [0.15, 0.2) is 0 Å². The SMILES string of the molecule is C=C(CCCCC)C(CC)c1ccccc1.CC(=S)NCc1cccnc1.CCC. The highest BCUT2D eigenvalue weighted by Gasteiger charge is 2.11. The molecule has 2 nitrogen and oxygen atoms in total. The number of rotatable bonds is 9. The van der Waals surface area contributed by atoms with E-state index in [-0.39, 0.29) is 0 Å². The van der Waals surface area contributed by atoms with E-state index in [4.69, 9.17) is 12.2 Å². The van der Waals surface area contributed by atoms with Crippen LogP contribution in [-0.4, -0.2) is 9.97 Å². The van der Waals surface area contributed by atoms with E-state index < -0.39 is 0 Å². The van der Waals surface area contributed by atoms with Crippen molar-refractivity contribution >= 4 is 17.2 Å². The van der Waals surface area contributed by atoms with Crippen LogP contribution in [0.15, 0.2) is 67.0 Å². The summed E-state index contributed by atoms with van der Waals surface area (Å²) in [5.74, 6) is 0.554. The van der Waals surface area contributed by atoms with E-state index in [2.05, 4.69) is 74.9 Å². The van der Waals surface area contributed by atoms with Crippen molar-refractivity contribution in [3.05, 3.63) is 78.1 Å². The standard InChI is InChI=1S/C16H24.C8H10N2S.C3H8/c1-4-6-8-11-14(3)16(5-2)15-12-9-7-10-13-15;1-7(11)10-6-8-3-2-4-9-5-8;1-3-2/h7,9-10,12-13,16H,3-6,8,11H2,1-2H3;2-5H,6H2,1H3,(H,10,11);3H2,1-2H3. The molecule has 30 heavy (non-hydrogen) atoms. The van der Waals surface area contributed by atoms with Crippen LogP contribution in [0.2, 0.25) is 0 Å². The molecule has 0 aliphatic carbocycles. The van der Waals surface area contributed by atoms with E-state index in [1.807, 2.05) is 25.3 Å². The summed E-state index contributed by atoms with van der Waals surface area (Å²) in [6.45, 7) is 15.7. The number of unbranched alkanes of at least 4 members (excludes halogenated alkanes) is 2. The predicted octanol–water partition coefficient (Wildman–Crippen LogP) is 8.25. The summed E-state index contributed by atoms with van der Waals surface area (Å²) in [5.41, 5.74) is 3.98. The molecule has 166 valence electrons. The summed E-state index contributed by atoms with van der Waals surface area (Å²) >= 11 is 4.86. The summed E-state index contributed by atoms with van der Waals surface area (Å²) in [7, 11) is 0. The van der Waals surface area contributed by atoms with Gasteiger partial charge in [0.2, 0.25) is 0 Å². The van der Waals surface area contributed by atoms with Gasteiger partial charge < -0.3 is 5.32 Å². The lowest BCUT2D eigenvalue weighted by Gasteiger charge is -2.18. The highest BCUT2D eigenvalue weighted by molar-refractivity contribution is 7.80. The fourth-order valence-electron chi connectivity index (χ4n) is 2.95. The molecule has 2 aromatic rings. The highest BCUT2D eigenvalue weighted by atomic mass is 32.1. The zero-order valence-corrected chi connectivity index (χ0v) is 20.6. The minimum Gasteiger partial charge on any atom is -0.376 e. The second-order valence-electron chi connectivity index (χ2n) is 7.46. The molecular formula is C27H42N2S. The van der Waals surface area contributed by atoms with Crippen molar-refractivity contribution in [1.82, 2.24) is 10.3 Å². The molecule has 0 radical (unpaired) electrons. The summed E-state index contributed by atoms with van der Waals surface area (Å²) < 4.78 is 0. The largest absolute Gasteiger partial charge is 0.376 e. The van der Waals surface area contributed by atoms with E-state index in [0.29, 0.717) is 5.92 Å². The van der Waals surface area contributed by atoms with E-state index in [1.54, 1.807) is 6.20 Å². The molecule has 1 atom stereocenters. The number of aromatic nitrogens is 1. The van der Waals surface area contributed by atoms with Gasteiger partial charge in [0.25, 0.3) is 0 Å². The smallest absolute Gasteiger partial charge is 0.0724 e. The van der Waals surface area contributed by atoms with Gasteiger partial charge in [0, 0.05) is 24.9 Å². The molecule has 2 rings (SSSR count). The number of nitrogens with zero attached hydrogens (tertiary/aromatic N) is 1. The van der Waals surface area contributed by atoms with Crippen LogP contribution in [0.5, 0.6) is 0 Å². The topological polar surface area (TPSA) is 24.9 Å². The monoisotopic (exact) mass is 426 g/mol. The first-order chi connectivity index (χ1) is 14.5. The first-order valence-corrected chi connectivity index (χ1v) is 11.8. The van der Waals surface area contributed by atoms with Gasteiger partial charge in [-0.3, -0.25) is 4.98 Å². The maximum Gasteiger partial charge on any atom is 0.0724 e. The highest BCUT2D eigenvalue weighted by Crippen LogP contribution is 2.29. The fraction of sp³-hybridized carbons (Fsp3) is 0.481. The quantitative estimate of drug-likeness (QED) is 0.248. The number of nitrogens with one attached hydrogen (secondary N) is 1. The molecule has 0 amide bonds. The van der Waals surface area contributed by atoms with Crippen LogP contribution in [0.3, 0.4) is 0 Å². The van der Waals surface area contributed by atoms with Gasteiger partial charge in [0.05, 0.1) is 4.99 Å². The summed E-state index contributed by atoms with van der Waals surface area (Å²) in [5, 5.41) is 3.05. The number of allylic oxidation sites excluding steroid dienone is 1. The Balaban J connectivity index is 0.000000521. The van der Waals surface area contributed by atoms with Crippen molar-refractivity contribution in [2.45, 2.75) is 85.6 Å². The maximum atomic E-state index is 4.86. The second-order valence-corrected chi connectivity index (χ2v) is 8.08. The molecule has 0 saturated heterocycles. The normalized spacial score (nSPS) is 10.6. The lowest BCUT2D eigenvalue weighted by Crippen LogP contribution is -2.16. The van der Waals surface area contributed by atoms with Crippen molar-refractivity contribution < 1.29 is 0 Å². The van der Waals surface area contributed by atoms with Crippen LogP contribution < -0.4 is 5.32 Å². The number of thiocarbonyl (C=S) groups is 1. The van der Waals surface area contributed by atoms with Crippen LogP contribution in [0.25, 0.3) is 0 Å². The van der Waals surface area contributed by atoms with Crippen LogP contribution in [-0.2, 0) is 6.54 Å². The first kappa shape index (κ1) is 28.0. The van der Waals surface area contributed by atoms with Gasteiger partial charge in [-0.15, -0.1) is 0 Å². The molecule has 0 aliphatic rings. The van der Waals surface area contributed by atoms with Gasteiger partial charge in [-0.1, -0.05) is 108 Å². The first-order valence-electron chi connectivity index (χ1n) is 11.4. The third-order valence-corrected chi connectivity index (χ3v) is 4.61. The van der Waals surface area contributed by atoms with E-state index in [0.717, 1.165) is 23.5 Å². The molecule has 0 bridgehead atoms. The maximum absolute atomic E-state index is 4.86. The Morgan fingerprint density at radius 1 is 1.03 bits per heavy atom. The van der Waals surface area contributed by atoms with E-state index in [9.17, 15) is 0 Å². The van der Waals surface area contributed by atoms with Crippen molar-refractivity contribution in [2.75, 3.05) is 0 Å². The van der Waals surface area contributed by atoms with E-state index >= 15 is 0 Å². The average molecular weight is 427 g/mol.